The van der Waals surface area contributed by atoms with E-state index in [2.05, 4.69) is 9.62 Å². The number of hydrogen-bond donors (Lipinski definition) is 1. The van der Waals surface area contributed by atoms with Crippen molar-refractivity contribution >= 4 is 33.0 Å². The molecule has 0 saturated heterocycles. The summed E-state index contributed by atoms with van der Waals surface area (Å²) in [7, 11) is -4.06. The summed E-state index contributed by atoms with van der Waals surface area (Å²) >= 11 is 0. The first-order chi connectivity index (χ1) is 25.3. The van der Waals surface area contributed by atoms with Crippen molar-refractivity contribution in [1.29, 1.82) is 0 Å². The standard InChI is InChI=1S/C43H39N3O5S/c1-3-50-37-23-19-35(20-24-37)44-52(48,49)39-25-26-41-40(28-39)43(47)46(36-21-17-31(2)18-22-36)42(45(41)29-32-11-6-4-7-12-32)34-15-10-16-38(27-34)51-30-33-13-8-5-9-14-33/h4-28,42,44H,3,29-30H2,1-2H3/t42-/m0/s1. The van der Waals surface area contributed by atoms with E-state index in [4.69, 9.17) is 9.47 Å². The average molecular weight is 710 g/mol. The number of anilines is 3. The Labute approximate surface area is 304 Å². The quantitative estimate of drug-likeness (QED) is 0.136. The number of rotatable bonds is 12. The second-order valence-corrected chi connectivity index (χ2v) is 14.3. The van der Waals surface area contributed by atoms with Gasteiger partial charge in [-0.25, -0.2) is 8.42 Å². The molecule has 1 aliphatic rings. The van der Waals surface area contributed by atoms with Crippen molar-refractivity contribution < 1.29 is 22.7 Å². The van der Waals surface area contributed by atoms with Crippen molar-refractivity contribution in [3.8, 4) is 11.5 Å². The zero-order valence-electron chi connectivity index (χ0n) is 29.0. The molecule has 0 saturated carbocycles. The van der Waals surface area contributed by atoms with Gasteiger partial charge in [0.2, 0.25) is 0 Å². The Balaban J connectivity index is 1.32. The van der Waals surface area contributed by atoms with E-state index < -0.39 is 16.2 Å². The highest BCUT2D eigenvalue weighted by molar-refractivity contribution is 7.92. The Bertz CT molecular complexity index is 2260. The van der Waals surface area contributed by atoms with Crippen LogP contribution in [0, 0.1) is 6.92 Å². The molecule has 0 aliphatic carbocycles. The van der Waals surface area contributed by atoms with Crippen LogP contribution in [0.4, 0.5) is 17.1 Å². The van der Waals surface area contributed by atoms with E-state index in [-0.39, 0.29) is 16.4 Å². The van der Waals surface area contributed by atoms with Crippen LogP contribution in [0.3, 0.4) is 0 Å². The monoisotopic (exact) mass is 709 g/mol. The molecule has 0 fully saturated rings. The molecule has 0 radical (unpaired) electrons. The van der Waals surface area contributed by atoms with Crippen LogP contribution in [0.5, 0.6) is 11.5 Å². The number of hydrogen-bond acceptors (Lipinski definition) is 6. The minimum absolute atomic E-state index is 0.0215. The fraction of sp³-hybridized carbons (Fsp3) is 0.140. The summed E-state index contributed by atoms with van der Waals surface area (Å²) in [5.41, 5.74) is 5.93. The van der Waals surface area contributed by atoms with Crippen LogP contribution in [-0.4, -0.2) is 20.9 Å². The Kier molecular flexibility index (Phi) is 9.95. The smallest absolute Gasteiger partial charge is 0.262 e. The van der Waals surface area contributed by atoms with E-state index in [1.807, 2.05) is 123 Å². The lowest BCUT2D eigenvalue weighted by Crippen LogP contribution is -2.49. The minimum atomic E-state index is -4.06. The highest BCUT2D eigenvalue weighted by Gasteiger charge is 2.40. The van der Waals surface area contributed by atoms with E-state index in [1.54, 1.807) is 41.3 Å². The highest BCUT2D eigenvalue weighted by atomic mass is 32.2. The third-order valence-corrected chi connectivity index (χ3v) is 10.3. The van der Waals surface area contributed by atoms with Crippen LogP contribution >= 0.6 is 0 Å². The Morgan fingerprint density at radius 1 is 0.692 bits per heavy atom. The van der Waals surface area contributed by atoms with Crippen LogP contribution in [0.1, 0.15) is 45.7 Å². The van der Waals surface area contributed by atoms with Crippen molar-refractivity contribution in [2.45, 2.75) is 38.1 Å². The van der Waals surface area contributed by atoms with Crippen molar-refractivity contribution in [1.82, 2.24) is 0 Å². The van der Waals surface area contributed by atoms with Crippen LogP contribution in [0.2, 0.25) is 0 Å². The second kappa shape index (κ2) is 15.0. The van der Waals surface area contributed by atoms with Gasteiger partial charge in [-0.3, -0.25) is 14.4 Å². The summed E-state index contributed by atoms with van der Waals surface area (Å²) in [6.45, 7) is 5.23. The molecule has 0 unspecified atom stereocenters. The maximum atomic E-state index is 14.9. The molecule has 6 aromatic carbocycles. The number of nitrogens with one attached hydrogen (secondary N) is 1. The molecule has 1 N–H and O–H groups in total. The lowest BCUT2D eigenvalue weighted by molar-refractivity contribution is 0.0968. The molecule has 9 heteroatoms. The molecule has 262 valence electrons. The van der Waals surface area contributed by atoms with Gasteiger partial charge in [0.15, 0.2) is 0 Å². The summed E-state index contributed by atoms with van der Waals surface area (Å²) in [5.74, 6) is 0.995. The number of carbonyl (C=O) groups excluding carboxylic acids is 1. The molecule has 7 rings (SSSR count). The Hall–Kier alpha value is -6.06. The van der Waals surface area contributed by atoms with E-state index >= 15 is 0 Å². The van der Waals surface area contributed by atoms with E-state index in [1.165, 1.54) is 6.07 Å². The zero-order valence-corrected chi connectivity index (χ0v) is 29.8. The first kappa shape index (κ1) is 34.4. The van der Waals surface area contributed by atoms with E-state index in [0.29, 0.717) is 48.3 Å². The fourth-order valence-corrected chi connectivity index (χ4v) is 7.45. The van der Waals surface area contributed by atoms with Gasteiger partial charge >= 0.3 is 0 Å². The minimum Gasteiger partial charge on any atom is -0.494 e. The molecule has 0 spiro atoms. The van der Waals surface area contributed by atoms with Gasteiger partial charge in [0.05, 0.1) is 22.8 Å². The van der Waals surface area contributed by atoms with E-state index in [0.717, 1.165) is 22.3 Å². The second-order valence-electron chi connectivity index (χ2n) is 12.6. The van der Waals surface area contributed by atoms with Crippen LogP contribution in [0.25, 0.3) is 0 Å². The van der Waals surface area contributed by atoms with E-state index in [9.17, 15) is 13.2 Å². The van der Waals surface area contributed by atoms with Gasteiger partial charge in [-0.05, 0) is 97.3 Å². The molecule has 8 nitrogen and oxygen atoms in total. The van der Waals surface area contributed by atoms with Gasteiger partial charge in [-0.2, -0.15) is 0 Å². The molecule has 52 heavy (non-hydrogen) atoms. The summed E-state index contributed by atoms with van der Waals surface area (Å²) < 4.78 is 41.9. The topological polar surface area (TPSA) is 88.2 Å². The molecule has 1 aliphatic heterocycles. The average Bonchev–Trinajstić information content (AvgIpc) is 3.17. The maximum absolute atomic E-state index is 14.9. The molecular formula is C43H39N3O5S. The molecule has 1 heterocycles. The van der Waals surface area contributed by atoms with Crippen molar-refractivity contribution in [2.75, 3.05) is 21.1 Å². The highest BCUT2D eigenvalue weighted by Crippen LogP contribution is 2.44. The van der Waals surface area contributed by atoms with Crippen LogP contribution < -0.4 is 24.0 Å². The number of sulfonamides is 1. The predicted octanol–water partition coefficient (Wildman–Crippen LogP) is 9.14. The Morgan fingerprint density at radius 3 is 2.08 bits per heavy atom. The molecule has 6 aromatic rings. The lowest BCUT2D eigenvalue weighted by Gasteiger charge is -2.46. The maximum Gasteiger partial charge on any atom is 0.262 e. The number of nitrogens with zero attached hydrogens (tertiary/aromatic N) is 2. The van der Waals surface area contributed by atoms with Crippen molar-refractivity contribution in [3.05, 3.63) is 179 Å². The molecule has 0 aromatic heterocycles. The zero-order chi connectivity index (χ0) is 36.1. The third-order valence-electron chi connectivity index (χ3n) is 8.91. The van der Waals surface area contributed by atoms with Gasteiger partial charge in [0.25, 0.3) is 15.9 Å². The number of aryl methyl sites for hydroxylation is 1. The lowest BCUT2D eigenvalue weighted by atomic mass is 9.98. The van der Waals surface area contributed by atoms with Gasteiger partial charge in [-0.15, -0.1) is 0 Å². The van der Waals surface area contributed by atoms with Gasteiger partial charge in [0.1, 0.15) is 24.3 Å². The van der Waals surface area contributed by atoms with Crippen LogP contribution in [-0.2, 0) is 23.2 Å². The molecular weight excluding hydrogens is 671 g/mol. The predicted molar refractivity (Wildman–Crippen MR) is 205 cm³/mol. The van der Waals surface area contributed by atoms with Crippen LogP contribution in [0.15, 0.2) is 157 Å². The summed E-state index contributed by atoms with van der Waals surface area (Å²) in [5, 5.41) is 0. The van der Waals surface area contributed by atoms with Crippen molar-refractivity contribution in [3.63, 3.8) is 0 Å². The SMILES string of the molecule is CCOc1ccc(NS(=O)(=O)c2ccc3c(c2)C(=O)N(c2ccc(C)cc2)[C@@H](c2cccc(OCc4ccccc4)c2)N3Cc2ccccc2)cc1. The Morgan fingerprint density at radius 2 is 1.38 bits per heavy atom. The number of ether oxygens (including phenoxy) is 2. The molecule has 1 atom stereocenters. The number of carbonyl (C=O) groups is 1. The first-order valence-corrected chi connectivity index (χ1v) is 18.6. The summed E-state index contributed by atoms with van der Waals surface area (Å²) in [6.07, 6.45) is -0.590. The summed E-state index contributed by atoms with van der Waals surface area (Å²) in [6, 6.07) is 47.1. The molecule has 0 bridgehead atoms. The number of fused-ring (bicyclic) bond motifs is 1. The summed E-state index contributed by atoms with van der Waals surface area (Å²) in [4.78, 5) is 18.7. The fourth-order valence-electron chi connectivity index (χ4n) is 6.37. The first-order valence-electron chi connectivity index (χ1n) is 17.2. The third kappa shape index (κ3) is 7.50. The largest absolute Gasteiger partial charge is 0.494 e. The van der Waals surface area contributed by atoms with Gasteiger partial charge < -0.3 is 14.4 Å². The van der Waals surface area contributed by atoms with Crippen molar-refractivity contribution in [2.24, 2.45) is 0 Å². The van der Waals surface area contributed by atoms with Gasteiger partial charge in [-0.1, -0.05) is 90.5 Å². The number of benzene rings is 6. The van der Waals surface area contributed by atoms with Gasteiger partial charge in [0, 0.05) is 17.9 Å². The number of amides is 1. The molecule has 1 amide bonds. The normalized spacial score (nSPS) is 14.1.